The van der Waals surface area contributed by atoms with Crippen LogP contribution >= 0.6 is 11.3 Å². The fourth-order valence-electron chi connectivity index (χ4n) is 8.16. The highest BCUT2D eigenvalue weighted by molar-refractivity contribution is 7.26. The van der Waals surface area contributed by atoms with Crippen molar-refractivity contribution in [3.63, 3.8) is 0 Å². The molecule has 0 aliphatic heterocycles. The molecule has 3 heterocycles. The van der Waals surface area contributed by atoms with Crippen molar-refractivity contribution < 1.29 is 4.42 Å². The molecule has 0 radical (unpaired) electrons. The number of para-hydroxylation sites is 3. The van der Waals surface area contributed by atoms with Gasteiger partial charge in [0.05, 0.1) is 27.8 Å². The highest BCUT2D eigenvalue weighted by Gasteiger charge is 2.24. The summed E-state index contributed by atoms with van der Waals surface area (Å²) < 4.78 is 11.4. The van der Waals surface area contributed by atoms with E-state index in [2.05, 4.69) is 185 Å². The number of anilines is 3. The smallest absolute Gasteiger partial charge is 0.137 e. The minimum atomic E-state index is 0.870. The number of nitrogens with zero attached hydrogens (tertiary/aromatic N) is 2. The Morgan fingerprint density at radius 3 is 1.90 bits per heavy atom. The minimum absolute atomic E-state index is 0.870. The molecule has 0 saturated carbocycles. The van der Waals surface area contributed by atoms with E-state index in [1.54, 1.807) is 0 Å². The Hall–Kier alpha value is -6.62. The average Bonchev–Trinajstić information content (AvgIpc) is 3.89. The van der Waals surface area contributed by atoms with Gasteiger partial charge in [0.2, 0.25) is 0 Å². The van der Waals surface area contributed by atoms with Crippen molar-refractivity contribution in [3.05, 3.63) is 182 Å². The molecule has 3 nitrogen and oxygen atoms in total. The summed E-state index contributed by atoms with van der Waals surface area (Å²) in [4.78, 5) is 2.46. The average molecular weight is 683 g/mol. The first-order valence-electron chi connectivity index (χ1n) is 17.6. The van der Waals surface area contributed by atoms with Gasteiger partial charge in [0.25, 0.3) is 0 Å². The molecule has 4 heteroatoms. The van der Waals surface area contributed by atoms with Gasteiger partial charge in [0, 0.05) is 47.7 Å². The van der Waals surface area contributed by atoms with E-state index in [1.807, 2.05) is 17.4 Å². The van der Waals surface area contributed by atoms with Gasteiger partial charge < -0.3 is 13.9 Å². The Balaban J connectivity index is 1.25. The van der Waals surface area contributed by atoms with Crippen molar-refractivity contribution in [1.29, 1.82) is 0 Å². The first-order chi connectivity index (χ1) is 25.8. The second-order valence-electron chi connectivity index (χ2n) is 13.3. The van der Waals surface area contributed by atoms with Crippen molar-refractivity contribution in [3.8, 4) is 16.8 Å². The second kappa shape index (κ2) is 11.5. The van der Waals surface area contributed by atoms with Gasteiger partial charge in [-0.2, -0.15) is 0 Å². The van der Waals surface area contributed by atoms with E-state index in [-0.39, 0.29) is 0 Å². The van der Waals surface area contributed by atoms with Crippen molar-refractivity contribution in [2.45, 2.75) is 0 Å². The van der Waals surface area contributed by atoms with Crippen LogP contribution in [0.3, 0.4) is 0 Å². The van der Waals surface area contributed by atoms with Crippen LogP contribution < -0.4 is 4.90 Å². The molecule has 52 heavy (non-hydrogen) atoms. The number of benzene rings is 8. The van der Waals surface area contributed by atoms with Crippen LogP contribution in [0.15, 0.2) is 186 Å². The molecule has 11 rings (SSSR count). The molecule has 0 bridgehead atoms. The number of furan rings is 1. The lowest BCUT2D eigenvalue weighted by molar-refractivity contribution is 0.669. The minimum Gasteiger partial charge on any atom is -0.456 e. The Kier molecular flexibility index (Phi) is 6.42. The van der Waals surface area contributed by atoms with Gasteiger partial charge in [-0.25, -0.2) is 0 Å². The van der Waals surface area contributed by atoms with E-state index >= 15 is 0 Å². The van der Waals surface area contributed by atoms with Gasteiger partial charge in [0.15, 0.2) is 0 Å². The summed E-state index contributed by atoms with van der Waals surface area (Å²) >= 11 is 1.87. The fraction of sp³-hybridized carbons (Fsp3) is 0. The maximum atomic E-state index is 6.48. The van der Waals surface area contributed by atoms with E-state index in [0.29, 0.717) is 0 Å². The molecule has 0 atom stereocenters. The molecule has 11 aromatic rings. The maximum absolute atomic E-state index is 6.48. The normalized spacial score (nSPS) is 11.8. The number of hydrogen-bond donors (Lipinski definition) is 0. The summed E-state index contributed by atoms with van der Waals surface area (Å²) in [7, 11) is 0. The standard InChI is InChI=1S/C48H30N2OS/c1-2-14-31(15-3-1)34-28-29-42(47-38-21-7-11-27-45(38)52-48(34)47)50(41-24-13-26-44-46(41)37-20-6-10-25-43(37)51-44)33-17-12-16-32(30-33)49-39-22-8-4-18-35(39)36-19-5-9-23-40(36)49/h1-30H. The molecular weight excluding hydrogens is 653 g/mol. The molecule has 0 unspecified atom stereocenters. The van der Waals surface area contributed by atoms with Crippen LogP contribution in [0.1, 0.15) is 0 Å². The van der Waals surface area contributed by atoms with Gasteiger partial charge >= 0.3 is 0 Å². The molecular formula is C48H30N2OS. The molecule has 244 valence electrons. The predicted octanol–water partition coefficient (Wildman–Crippen LogP) is 14.2. The van der Waals surface area contributed by atoms with Gasteiger partial charge in [0.1, 0.15) is 11.2 Å². The summed E-state index contributed by atoms with van der Waals surface area (Å²) in [5.74, 6) is 0. The van der Waals surface area contributed by atoms with Crippen LogP contribution in [0, 0.1) is 0 Å². The molecule has 8 aromatic carbocycles. The highest BCUT2D eigenvalue weighted by atomic mass is 32.1. The number of thiophene rings is 1. The van der Waals surface area contributed by atoms with Crippen LogP contribution in [0.5, 0.6) is 0 Å². The zero-order valence-corrected chi connectivity index (χ0v) is 28.8. The third-order valence-electron chi connectivity index (χ3n) is 10.4. The van der Waals surface area contributed by atoms with Crippen molar-refractivity contribution in [2.24, 2.45) is 0 Å². The Morgan fingerprint density at radius 2 is 1.10 bits per heavy atom. The molecule has 0 aliphatic rings. The first-order valence-corrected chi connectivity index (χ1v) is 18.4. The number of fused-ring (bicyclic) bond motifs is 9. The summed E-state index contributed by atoms with van der Waals surface area (Å²) in [5.41, 5.74) is 11.0. The summed E-state index contributed by atoms with van der Waals surface area (Å²) in [6.07, 6.45) is 0. The lowest BCUT2D eigenvalue weighted by Gasteiger charge is -2.28. The van der Waals surface area contributed by atoms with Crippen molar-refractivity contribution in [2.75, 3.05) is 4.90 Å². The summed E-state index contributed by atoms with van der Waals surface area (Å²) in [6.45, 7) is 0. The van der Waals surface area contributed by atoms with Crippen molar-refractivity contribution in [1.82, 2.24) is 4.57 Å². The van der Waals surface area contributed by atoms with E-state index < -0.39 is 0 Å². The number of hydrogen-bond acceptors (Lipinski definition) is 3. The molecule has 3 aromatic heterocycles. The first kappa shape index (κ1) is 29.1. The van der Waals surface area contributed by atoms with Crippen molar-refractivity contribution >= 4 is 92.3 Å². The fourth-order valence-corrected chi connectivity index (χ4v) is 9.42. The Bertz CT molecular complexity index is 3100. The highest BCUT2D eigenvalue weighted by Crippen LogP contribution is 2.50. The zero-order valence-electron chi connectivity index (χ0n) is 28.0. The van der Waals surface area contributed by atoms with Crippen LogP contribution in [0.2, 0.25) is 0 Å². The van der Waals surface area contributed by atoms with E-state index in [4.69, 9.17) is 4.42 Å². The Morgan fingerprint density at radius 1 is 0.462 bits per heavy atom. The summed E-state index contributed by atoms with van der Waals surface area (Å²) in [5, 5.41) is 7.19. The molecule has 0 fully saturated rings. The molecule has 0 N–H and O–H groups in total. The molecule has 0 spiro atoms. The SMILES string of the molecule is c1ccc(-c2ccc(N(c3cccc(-n4c5ccccc5c5ccccc54)c3)c3cccc4oc5ccccc5c34)c3c2sc2ccccc23)cc1. The molecule has 0 saturated heterocycles. The third kappa shape index (κ3) is 4.31. The number of aromatic nitrogens is 1. The van der Waals surface area contributed by atoms with Crippen LogP contribution in [0.25, 0.3) is 80.7 Å². The number of rotatable bonds is 5. The van der Waals surface area contributed by atoms with Crippen LogP contribution in [0.4, 0.5) is 17.1 Å². The van der Waals surface area contributed by atoms with Crippen LogP contribution in [-0.4, -0.2) is 4.57 Å². The van der Waals surface area contributed by atoms with Gasteiger partial charge in [-0.15, -0.1) is 11.3 Å². The molecule has 0 aliphatic carbocycles. The maximum Gasteiger partial charge on any atom is 0.137 e. The topological polar surface area (TPSA) is 21.3 Å². The Labute approximate surface area is 303 Å². The van der Waals surface area contributed by atoms with Gasteiger partial charge in [-0.05, 0) is 71.8 Å². The third-order valence-corrected chi connectivity index (χ3v) is 11.6. The van der Waals surface area contributed by atoms with E-state index in [0.717, 1.165) is 44.7 Å². The predicted molar refractivity (Wildman–Crippen MR) is 221 cm³/mol. The zero-order chi connectivity index (χ0) is 34.2. The van der Waals surface area contributed by atoms with E-state index in [9.17, 15) is 0 Å². The summed E-state index contributed by atoms with van der Waals surface area (Å²) in [6, 6.07) is 65.4. The lowest BCUT2D eigenvalue weighted by Crippen LogP contribution is -2.11. The quantitative estimate of drug-likeness (QED) is 0.180. The second-order valence-corrected chi connectivity index (χ2v) is 14.3. The largest absolute Gasteiger partial charge is 0.456 e. The van der Waals surface area contributed by atoms with Crippen LogP contribution in [-0.2, 0) is 0 Å². The van der Waals surface area contributed by atoms with Gasteiger partial charge in [-0.1, -0.05) is 121 Å². The lowest BCUT2D eigenvalue weighted by atomic mass is 9.99. The van der Waals surface area contributed by atoms with E-state index in [1.165, 1.54) is 53.1 Å². The van der Waals surface area contributed by atoms with Gasteiger partial charge in [-0.3, -0.25) is 0 Å². The molecule has 0 amide bonds. The monoisotopic (exact) mass is 682 g/mol.